The molecule has 1 aromatic rings. The minimum Gasteiger partial charge on any atom is -0.273 e. The maximum absolute atomic E-state index is 12.5. The van der Waals surface area contributed by atoms with Crippen LogP contribution in [0, 0.1) is 0 Å². The van der Waals surface area contributed by atoms with Gasteiger partial charge in [-0.25, -0.2) is 0 Å². The van der Waals surface area contributed by atoms with Crippen molar-refractivity contribution in [1.82, 2.24) is 9.80 Å². The van der Waals surface area contributed by atoms with Gasteiger partial charge in [0.05, 0.1) is 16.9 Å². The van der Waals surface area contributed by atoms with Crippen molar-refractivity contribution in [2.45, 2.75) is 25.7 Å². The van der Waals surface area contributed by atoms with Gasteiger partial charge in [0.15, 0.2) is 5.17 Å². The van der Waals surface area contributed by atoms with E-state index in [-0.39, 0.29) is 30.1 Å². The minimum atomic E-state index is -0.383. The summed E-state index contributed by atoms with van der Waals surface area (Å²) < 4.78 is 0. The van der Waals surface area contributed by atoms with Crippen molar-refractivity contribution in [3.05, 3.63) is 35.4 Å². The zero-order valence-corrected chi connectivity index (χ0v) is 14.3. The van der Waals surface area contributed by atoms with Gasteiger partial charge >= 0.3 is 0 Å². The van der Waals surface area contributed by atoms with Crippen LogP contribution in [0.2, 0.25) is 0 Å². The maximum Gasteiger partial charge on any atom is 0.263 e. The summed E-state index contributed by atoms with van der Waals surface area (Å²) in [6.45, 7) is -0.123. The second kappa shape index (κ2) is 6.44. The Morgan fingerprint density at radius 1 is 0.920 bits per heavy atom. The lowest BCUT2D eigenvalue weighted by Crippen LogP contribution is -2.43. The van der Waals surface area contributed by atoms with Crippen LogP contribution in [0.5, 0.6) is 0 Å². The number of fused-ring (bicyclic) bond motifs is 1. The summed E-state index contributed by atoms with van der Waals surface area (Å²) >= 11 is 1.28. The molecule has 1 saturated heterocycles. The van der Waals surface area contributed by atoms with Crippen LogP contribution in [0.15, 0.2) is 34.5 Å². The third-order valence-electron chi connectivity index (χ3n) is 4.48. The second-order valence-corrected chi connectivity index (χ2v) is 7.03. The second-order valence-electron chi connectivity index (χ2n) is 6.09. The predicted octanol–water partition coefficient (Wildman–Crippen LogP) is 2.10. The largest absolute Gasteiger partial charge is 0.273 e. The van der Waals surface area contributed by atoms with E-state index in [4.69, 9.17) is 0 Å². The molecular weight excluding hydrogens is 340 g/mol. The highest BCUT2D eigenvalue weighted by molar-refractivity contribution is 8.15. The number of rotatable bonds is 3. The van der Waals surface area contributed by atoms with Gasteiger partial charge in [-0.2, -0.15) is 5.10 Å². The van der Waals surface area contributed by atoms with Crippen LogP contribution in [0.1, 0.15) is 46.4 Å². The number of hydrogen-bond acceptors (Lipinski definition) is 6. The van der Waals surface area contributed by atoms with E-state index in [1.165, 1.54) is 16.7 Å². The quantitative estimate of drug-likeness (QED) is 0.613. The molecule has 1 aliphatic carbocycles. The first-order valence-corrected chi connectivity index (χ1v) is 9.15. The van der Waals surface area contributed by atoms with E-state index in [9.17, 15) is 14.4 Å². The fraction of sp³-hybridized carbons (Fsp3) is 0.353. The number of imide groups is 1. The molecule has 0 spiro atoms. The first-order chi connectivity index (χ1) is 12.1. The van der Waals surface area contributed by atoms with Crippen molar-refractivity contribution in [2.75, 3.05) is 12.4 Å². The van der Waals surface area contributed by atoms with Gasteiger partial charge in [-0.05, 0) is 37.8 Å². The van der Waals surface area contributed by atoms with Crippen LogP contribution in [0.3, 0.4) is 0 Å². The molecule has 2 fully saturated rings. The molecule has 0 unspecified atom stereocenters. The average Bonchev–Trinajstić information content (AvgIpc) is 3.31. The Morgan fingerprint density at radius 2 is 1.56 bits per heavy atom. The lowest BCUT2D eigenvalue weighted by molar-refractivity contribution is -0.124. The number of hydrogen-bond donors (Lipinski definition) is 0. The lowest BCUT2D eigenvalue weighted by atomic mass is 10.1. The zero-order chi connectivity index (χ0) is 17.4. The van der Waals surface area contributed by atoms with Crippen molar-refractivity contribution in [3.63, 3.8) is 0 Å². The molecule has 4 rings (SSSR count). The molecule has 0 radical (unpaired) electrons. The molecule has 3 amide bonds. The molecule has 1 aromatic carbocycles. The summed E-state index contributed by atoms with van der Waals surface area (Å²) in [6, 6.07) is 6.68. The first-order valence-electron chi connectivity index (χ1n) is 8.17. The number of amides is 3. The van der Waals surface area contributed by atoms with Crippen LogP contribution in [-0.2, 0) is 4.79 Å². The summed E-state index contributed by atoms with van der Waals surface area (Å²) in [7, 11) is 0. The van der Waals surface area contributed by atoms with Crippen LogP contribution < -0.4 is 0 Å². The Bertz CT molecular complexity index is 790. The first kappa shape index (κ1) is 16.0. The number of benzene rings is 1. The molecule has 3 aliphatic rings. The molecule has 2 heterocycles. The molecule has 1 saturated carbocycles. The Morgan fingerprint density at radius 3 is 2.20 bits per heavy atom. The number of carbonyl (C=O) groups excluding carboxylic acids is 3. The molecule has 8 heteroatoms. The zero-order valence-electron chi connectivity index (χ0n) is 13.5. The van der Waals surface area contributed by atoms with E-state index in [1.54, 1.807) is 24.3 Å². The average molecular weight is 356 g/mol. The van der Waals surface area contributed by atoms with Gasteiger partial charge in [0, 0.05) is 5.71 Å². The van der Waals surface area contributed by atoms with E-state index in [0.29, 0.717) is 16.3 Å². The van der Waals surface area contributed by atoms with E-state index in [2.05, 4.69) is 10.2 Å². The van der Waals surface area contributed by atoms with Crippen molar-refractivity contribution >= 4 is 40.4 Å². The molecule has 2 aliphatic heterocycles. The SMILES string of the molecule is O=C1c2ccccc2C(=O)N1CN1C(=O)CS/C1=N\N=C1CCCC1. The molecule has 0 atom stereocenters. The summed E-state index contributed by atoms with van der Waals surface area (Å²) in [5, 5.41) is 8.89. The third-order valence-corrected chi connectivity index (χ3v) is 5.43. The molecule has 0 N–H and O–H groups in total. The van der Waals surface area contributed by atoms with Gasteiger partial charge in [-0.3, -0.25) is 24.2 Å². The van der Waals surface area contributed by atoms with Crippen molar-refractivity contribution in [1.29, 1.82) is 0 Å². The Balaban J connectivity index is 1.56. The van der Waals surface area contributed by atoms with E-state index >= 15 is 0 Å². The highest BCUT2D eigenvalue weighted by atomic mass is 32.2. The van der Waals surface area contributed by atoms with Crippen LogP contribution in [0.4, 0.5) is 0 Å². The molecule has 0 bridgehead atoms. The van der Waals surface area contributed by atoms with Gasteiger partial charge in [-0.1, -0.05) is 23.9 Å². The number of carbonyl (C=O) groups is 3. The Kier molecular flexibility index (Phi) is 4.12. The van der Waals surface area contributed by atoms with Gasteiger partial charge < -0.3 is 0 Å². The molecule has 0 aromatic heterocycles. The number of nitrogens with zero attached hydrogens (tertiary/aromatic N) is 4. The number of thioether (sulfide) groups is 1. The Labute approximate surface area is 148 Å². The normalized spacial score (nSPS) is 21.7. The summed E-state index contributed by atoms with van der Waals surface area (Å²) in [5.41, 5.74) is 1.78. The minimum absolute atomic E-state index is 0.123. The molecular formula is C17H16N4O3S. The summed E-state index contributed by atoms with van der Waals surface area (Å²) in [6.07, 6.45) is 4.12. The third kappa shape index (κ3) is 2.86. The molecule has 7 nitrogen and oxygen atoms in total. The topological polar surface area (TPSA) is 82.4 Å². The van der Waals surface area contributed by atoms with Gasteiger partial charge in [0.1, 0.15) is 6.67 Å². The highest BCUT2D eigenvalue weighted by Gasteiger charge is 2.39. The highest BCUT2D eigenvalue weighted by Crippen LogP contribution is 2.26. The van der Waals surface area contributed by atoms with E-state index in [1.807, 2.05) is 0 Å². The van der Waals surface area contributed by atoms with Crippen LogP contribution in [-0.4, -0.2) is 50.8 Å². The van der Waals surface area contributed by atoms with Crippen molar-refractivity contribution < 1.29 is 14.4 Å². The number of amidine groups is 1. The summed E-state index contributed by atoms with van der Waals surface area (Å²) in [4.78, 5) is 39.6. The van der Waals surface area contributed by atoms with Gasteiger partial charge in [-0.15, -0.1) is 5.10 Å². The maximum atomic E-state index is 12.5. The van der Waals surface area contributed by atoms with Gasteiger partial charge in [0.2, 0.25) is 5.91 Å². The molecule has 25 heavy (non-hydrogen) atoms. The standard InChI is InChI=1S/C17H16N4O3S/c22-14-9-25-17(19-18-11-5-1-2-6-11)20(14)10-21-15(23)12-7-3-4-8-13(12)16(21)24/h3-4,7-8H,1-2,5-6,9-10H2/b19-17-. The van der Waals surface area contributed by atoms with Gasteiger partial charge in [0.25, 0.3) is 11.8 Å². The van der Waals surface area contributed by atoms with E-state index in [0.717, 1.165) is 36.3 Å². The predicted molar refractivity (Wildman–Crippen MR) is 94.5 cm³/mol. The smallest absolute Gasteiger partial charge is 0.263 e. The van der Waals surface area contributed by atoms with E-state index < -0.39 is 0 Å². The van der Waals surface area contributed by atoms with Crippen molar-refractivity contribution in [3.8, 4) is 0 Å². The van der Waals surface area contributed by atoms with Crippen molar-refractivity contribution in [2.24, 2.45) is 10.2 Å². The molecule has 128 valence electrons. The lowest BCUT2D eigenvalue weighted by Gasteiger charge is -2.21. The Hall–Kier alpha value is -2.48. The fourth-order valence-electron chi connectivity index (χ4n) is 3.12. The monoisotopic (exact) mass is 356 g/mol. The summed E-state index contributed by atoms with van der Waals surface area (Å²) in [5.74, 6) is -0.696. The van der Waals surface area contributed by atoms with Crippen LogP contribution in [0.25, 0.3) is 0 Å². The van der Waals surface area contributed by atoms with Crippen LogP contribution >= 0.6 is 11.8 Å². The fourth-order valence-corrected chi connectivity index (χ4v) is 3.94.